The Morgan fingerprint density at radius 1 is 0.921 bits per heavy atom. The fourth-order valence-electron chi connectivity index (χ4n) is 3.72. The molecule has 0 bridgehead atoms. The van der Waals surface area contributed by atoms with Gasteiger partial charge in [-0.05, 0) is 54.8 Å². The third kappa shape index (κ3) is 6.81. The number of amides is 1. The molecule has 38 heavy (non-hydrogen) atoms. The number of halogens is 2. The van der Waals surface area contributed by atoms with Crippen molar-refractivity contribution in [2.75, 3.05) is 0 Å². The molecule has 0 aliphatic carbocycles. The van der Waals surface area contributed by atoms with Gasteiger partial charge < -0.3 is 4.57 Å². The minimum atomic E-state index is -4.01. The molecule has 0 radical (unpaired) electrons. The van der Waals surface area contributed by atoms with Crippen molar-refractivity contribution in [3.8, 4) is 0 Å². The highest BCUT2D eigenvalue weighted by atomic mass is 35.5. The second kappa shape index (κ2) is 11.8. The number of hydrogen-bond donors (Lipinski definition) is 1. The van der Waals surface area contributed by atoms with Gasteiger partial charge in [-0.1, -0.05) is 95.5 Å². The van der Waals surface area contributed by atoms with Gasteiger partial charge in [-0.25, -0.2) is 18.1 Å². The number of carbonyl (C=O) groups excluding carboxylic acids is 1. The van der Waals surface area contributed by atoms with Gasteiger partial charge in [0.1, 0.15) is 5.82 Å². The Morgan fingerprint density at radius 2 is 1.61 bits per heavy atom. The SMILES string of the molecule is Cc1ccc(S(=O)(=O)NC(=O)/C=C/c2c(Cl)nc(C)n2Cc2ccc(/C=C/c3ccccc3)cc2Cl)cc1. The molecule has 0 aliphatic heterocycles. The van der Waals surface area contributed by atoms with Crippen LogP contribution in [0, 0.1) is 13.8 Å². The Bertz CT molecular complexity index is 1630. The highest BCUT2D eigenvalue weighted by molar-refractivity contribution is 7.90. The summed E-state index contributed by atoms with van der Waals surface area (Å²) in [6, 6.07) is 21.9. The second-order valence-electron chi connectivity index (χ2n) is 8.63. The second-order valence-corrected chi connectivity index (χ2v) is 11.1. The lowest BCUT2D eigenvalue weighted by Gasteiger charge is -2.11. The van der Waals surface area contributed by atoms with Crippen molar-refractivity contribution in [2.24, 2.45) is 0 Å². The van der Waals surface area contributed by atoms with E-state index in [0.29, 0.717) is 23.1 Å². The highest BCUT2D eigenvalue weighted by Crippen LogP contribution is 2.25. The number of benzene rings is 3. The molecule has 3 aromatic carbocycles. The molecule has 0 aliphatic rings. The van der Waals surface area contributed by atoms with Crippen LogP contribution in [0.1, 0.15) is 33.8 Å². The molecule has 1 aromatic heterocycles. The molecular formula is C29H25Cl2N3O3S. The minimum Gasteiger partial charge on any atom is -0.323 e. The summed E-state index contributed by atoms with van der Waals surface area (Å²) >= 11 is 12.9. The van der Waals surface area contributed by atoms with Gasteiger partial charge in [0, 0.05) is 11.1 Å². The van der Waals surface area contributed by atoms with E-state index in [4.69, 9.17) is 23.2 Å². The number of rotatable bonds is 8. The predicted molar refractivity (Wildman–Crippen MR) is 153 cm³/mol. The lowest BCUT2D eigenvalue weighted by atomic mass is 10.1. The molecule has 6 nitrogen and oxygen atoms in total. The molecule has 0 unspecified atom stereocenters. The summed E-state index contributed by atoms with van der Waals surface area (Å²) in [6.07, 6.45) is 6.55. The number of nitrogens with one attached hydrogen (secondary N) is 1. The number of sulfonamides is 1. The smallest absolute Gasteiger partial charge is 0.264 e. The molecule has 1 amide bonds. The van der Waals surface area contributed by atoms with E-state index >= 15 is 0 Å². The van der Waals surface area contributed by atoms with Gasteiger partial charge in [0.25, 0.3) is 15.9 Å². The summed E-state index contributed by atoms with van der Waals surface area (Å²) < 4.78 is 28.9. The Balaban J connectivity index is 1.50. The molecule has 0 atom stereocenters. The molecule has 9 heteroatoms. The molecular weight excluding hydrogens is 541 g/mol. The summed E-state index contributed by atoms with van der Waals surface area (Å²) in [5.74, 6) is -0.189. The van der Waals surface area contributed by atoms with Crippen LogP contribution < -0.4 is 4.72 Å². The summed E-state index contributed by atoms with van der Waals surface area (Å²) in [5, 5.41) is 0.757. The summed E-state index contributed by atoms with van der Waals surface area (Å²) in [4.78, 5) is 16.7. The Hall–Kier alpha value is -3.65. The maximum atomic E-state index is 12.5. The minimum absolute atomic E-state index is 0.000436. The maximum absolute atomic E-state index is 12.5. The molecule has 4 aromatic rings. The van der Waals surface area contributed by atoms with Crippen LogP contribution in [0.4, 0.5) is 0 Å². The van der Waals surface area contributed by atoms with Crippen LogP contribution in [-0.2, 0) is 21.4 Å². The zero-order valence-corrected chi connectivity index (χ0v) is 23.1. The third-order valence-corrected chi connectivity index (χ3v) is 7.78. The van der Waals surface area contributed by atoms with Crippen molar-refractivity contribution in [3.63, 3.8) is 0 Å². The van der Waals surface area contributed by atoms with Crippen LogP contribution in [0.2, 0.25) is 10.2 Å². The number of hydrogen-bond acceptors (Lipinski definition) is 4. The number of aryl methyl sites for hydroxylation is 2. The monoisotopic (exact) mass is 565 g/mol. The van der Waals surface area contributed by atoms with Gasteiger partial charge in [-0.3, -0.25) is 4.79 Å². The van der Waals surface area contributed by atoms with Gasteiger partial charge in [-0.15, -0.1) is 0 Å². The van der Waals surface area contributed by atoms with Crippen LogP contribution in [0.15, 0.2) is 83.8 Å². The Morgan fingerprint density at radius 3 is 2.29 bits per heavy atom. The van der Waals surface area contributed by atoms with Gasteiger partial charge in [0.2, 0.25) is 0 Å². The van der Waals surface area contributed by atoms with E-state index < -0.39 is 15.9 Å². The average molecular weight is 567 g/mol. The van der Waals surface area contributed by atoms with E-state index in [1.54, 1.807) is 23.6 Å². The van der Waals surface area contributed by atoms with E-state index in [2.05, 4.69) is 4.98 Å². The number of carbonyl (C=O) groups is 1. The normalized spacial score (nSPS) is 11.9. The average Bonchev–Trinajstić information content (AvgIpc) is 3.15. The summed E-state index contributed by atoms with van der Waals surface area (Å²) in [6.45, 7) is 3.99. The van der Waals surface area contributed by atoms with Crippen molar-refractivity contribution >= 4 is 57.4 Å². The zero-order chi connectivity index (χ0) is 27.3. The van der Waals surface area contributed by atoms with Crippen molar-refractivity contribution in [2.45, 2.75) is 25.3 Å². The zero-order valence-electron chi connectivity index (χ0n) is 20.7. The molecule has 0 saturated carbocycles. The first-order valence-electron chi connectivity index (χ1n) is 11.7. The molecule has 1 heterocycles. The first-order valence-corrected chi connectivity index (χ1v) is 13.9. The Kier molecular flexibility index (Phi) is 8.52. The van der Waals surface area contributed by atoms with Crippen LogP contribution in [0.3, 0.4) is 0 Å². The van der Waals surface area contributed by atoms with E-state index in [1.165, 1.54) is 18.2 Å². The highest BCUT2D eigenvalue weighted by Gasteiger charge is 2.17. The van der Waals surface area contributed by atoms with E-state index in [1.807, 2.05) is 72.3 Å². The van der Waals surface area contributed by atoms with Gasteiger partial charge in [0.15, 0.2) is 5.15 Å². The first-order chi connectivity index (χ1) is 18.1. The van der Waals surface area contributed by atoms with Crippen molar-refractivity contribution < 1.29 is 13.2 Å². The van der Waals surface area contributed by atoms with Crippen LogP contribution in [0.25, 0.3) is 18.2 Å². The van der Waals surface area contributed by atoms with Crippen LogP contribution >= 0.6 is 23.2 Å². The van der Waals surface area contributed by atoms with Crippen molar-refractivity contribution in [1.29, 1.82) is 0 Å². The largest absolute Gasteiger partial charge is 0.323 e. The number of aromatic nitrogens is 2. The van der Waals surface area contributed by atoms with E-state index in [9.17, 15) is 13.2 Å². The topological polar surface area (TPSA) is 81.1 Å². The fraction of sp³-hybridized carbons (Fsp3) is 0.103. The molecule has 0 fully saturated rings. The lowest BCUT2D eigenvalue weighted by molar-refractivity contribution is -0.114. The number of nitrogens with zero attached hydrogens (tertiary/aromatic N) is 2. The van der Waals surface area contributed by atoms with Gasteiger partial charge in [-0.2, -0.15) is 0 Å². The van der Waals surface area contributed by atoms with Crippen LogP contribution in [0.5, 0.6) is 0 Å². The lowest BCUT2D eigenvalue weighted by Crippen LogP contribution is -2.29. The standard InChI is InChI=1S/C29H25Cl2N3O3S/c1-20-8-14-25(15-9-20)38(36,37)33-28(35)17-16-27-29(31)32-21(2)34(27)19-24-13-12-23(18-26(24)30)11-10-22-6-4-3-5-7-22/h3-18H,19H2,1-2H3,(H,33,35)/b11-10+,17-16+. The molecule has 194 valence electrons. The molecule has 0 saturated heterocycles. The fourth-order valence-corrected chi connectivity index (χ4v) is 5.20. The maximum Gasteiger partial charge on any atom is 0.264 e. The molecule has 4 rings (SSSR count). The first kappa shape index (κ1) is 27.4. The Labute approximate surface area is 232 Å². The summed E-state index contributed by atoms with van der Waals surface area (Å²) in [5.41, 5.74) is 4.24. The quantitative estimate of drug-likeness (QED) is 0.194. The van der Waals surface area contributed by atoms with Gasteiger partial charge >= 0.3 is 0 Å². The third-order valence-electron chi connectivity index (χ3n) is 5.78. The molecule has 1 N–H and O–H groups in total. The number of imidazole rings is 1. The molecule has 0 spiro atoms. The van der Waals surface area contributed by atoms with Gasteiger partial charge in [0.05, 0.1) is 17.1 Å². The van der Waals surface area contributed by atoms with E-state index in [0.717, 1.165) is 28.3 Å². The van der Waals surface area contributed by atoms with Crippen molar-refractivity contribution in [1.82, 2.24) is 14.3 Å². The van der Waals surface area contributed by atoms with Crippen LogP contribution in [-0.4, -0.2) is 23.9 Å². The van der Waals surface area contributed by atoms with E-state index in [-0.39, 0.29) is 10.0 Å². The predicted octanol–water partition coefficient (Wildman–Crippen LogP) is 6.54. The summed E-state index contributed by atoms with van der Waals surface area (Å²) in [7, 11) is -4.01. The van der Waals surface area contributed by atoms with Crippen molar-refractivity contribution in [3.05, 3.63) is 123 Å².